The zero-order chi connectivity index (χ0) is 19.7. The van der Waals surface area contributed by atoms with E-state index in [1.54, 1.807) is 17.2 Å². The number of aromatic nitrogens is 2. The van der Waals surface area contributed by atoms with Crippen molar-refractivity contribution in [3.8, 4) is 0 Å². The second-order valence-electron chi connectivity index (χ2n) is 6.06. The van der Waals surface area contributed by atoms with Crippen LogP contribution in [0.2, 0.25) is 8.67 Å². The second kappa shape index (κ2) is 8.17. The molecule has 0 aliphatic heterocycles. The lowest BCUT2D eigenvalue weighted by Gasteiger charge is -2.19. The first-order chi connectivity index (χ1) is 13.6. The van der Waals surface area contributed by atoms with Crippen LogP contribution in [0.5, 0.6) is 0 Å². The summed E-state index contributed by atoms with van der Waals surface area (Å²) in [6.07, 6.45) is 2.58. The van der Waals surface area contributed by atoms with Gasteiger partial charge in [0.15, 0.2) is 5.13 Å². The predicted molar refractivity (Wildman–Crippen MR) is 118 cm³/mol. The minimum absolute atomic E-state index is 0.240. The van der Waals surface area contributed by atoms with Crippen LogP contribution < -0.4 is 4.90 Å². The van der Waals surface area contributed by atoms with E-state index in [0.29, 0.717) is 25.9 Å². The number of carbonyl (C=O) groups is 1. The molecule has 142 valence electrons. The number of hydrogen-bond donors (Lipinski definition) is 0. The van der Waals surface area contributed by atoms with E-state index in [9.17, 15) is 4.79 Å². The van der Waals surface area contributed by atoms with Crippen LogP contribution >= 0.6 is 45.9 Å². The molecule has 1 aromatic carbocycles. The molecule has 0 saturated heterocycles. The van der Waals surface area contributed by atoms with E-state index in [2.05, 4.69) is 18.0 Å². The van der Waals surface area contributed by atoms with Crippen LogP contribution in [0.1, 0.15) is 28.5 Å². The molecule has 0 N–H and O–H groups in total. The Morgan fingerprint density at radius 3 is 2.68 bits per heavy atom. The van der Waals surface area contributed by atoms with Crippen LogP contribution in [-0.2, 0) is 13.0 Å². The van der Waals surface area contributed by atoms with Crippen molar-refractivity contribution in [2.75, 3.05) is 4.90 Å². The van der Waals surface area contributed by atoms with Gasteiger partial charge >= 0.3 is 0 Å². The van der Waals surface area contributed by atoms with Crippen molar-refractivity contribution in [3.63, 3.8) is 0 Å². The second-order valence-corrected chi connectivity index (χ2v) is 9.36. The van der Waals surface area contributed by atoms with Crippen molar-refractivity contribution < 1.29 is 4.79 Å². The molecule has 0 spiro atoms. The minimum Gasteiger partial charge on any atom is -0.278 e. The number of pyridine rings is 1. The Morgan fingerprint density at radius 1 is 1.14 bits per heavy atom. The Morgan fingerprint density at radius 2 is 2.00 bits per heavy atom. The van der Waals surface area contributed by atoms with Crippen molar-refractivity contribution >= 4 is 67.1 Å². The van der Waals surface area contributed by atoms with E-state index in [1.165, 1.54) is 22.7 Å². The van der Waals surface area contributed by atoms with Gasteiger partial charge in [-0.05, 0) is 36.2 Å². The van der Waals surface area contributed by atoms with Crippen molar-refractivity contribution in [3.05, 3.63) is 74.2 Å². The van der Waals surface area contributed by atoms with Crippen molar-refractivity contribution in [2.45, 2.75) is 19.9 Å². The van der Waals surface area contributed by atoms with Gasteiger partial charge in [-0.3, -0.25) is 14.7 Å². The lowest BCUT2D eigenvalue weighted by molar-refractivity contribution is 0.0985. The number of fused-ring (bicyclic) bond motifs is 1. The monoisotopic (exact) mass is 447 g/mol. The summed E-state index contributed by atoms with van der Waals surface area (Å²) in [5.74, 6) is -0.240. The number of thiazole rings is 1. The zero-order valence-electron chi connectivity index (χ0n) is 14.9. The first kappa shape index (κ1) is 19.3. The number of nitrogens with zero attached hydrogens (tertiary/aromatic N) is 3. The zero-order valence-corrected chi connectivity index (χ0v) is 18.0. The number of amides is 1. The fourth-order valence-electron chi connectivity index (χ4n) is 2.91. The molecule has 0 unspecified atom stereocenters. The maximum absolute atomic E-state index is 13.3. The summed E-state index contributed by atoms with van der Waals surface area (Å²) in [7, 11) is 0. The summed E-state index contributed by atoms with van der Waals surface area (Å²) in [5, 5.41) is 0.616. The summed E-state index contributed by atoms with van der Waals surface area (Å²) in [4.78, 5) is 24.1. The molecule has 4 nitrogen and oxygen atoms in total. The first-order valence-electron chi connectivity index (χ1n) is 8.62. The number of thiophene rings is 1. The topological polar surface area (TPSA) is 46.1 Å². The summed E-state index contributed by atoms with van der Waals surface area (Å²) in [5.41, 5.74) is 3.23. The SMILES string of the molecule is CCc1cccc2sc(N(Cc3ccccn3)C(=O)c3cc(Cl)sc3Cl)nc12. The third kappa shape index (κ3) is 3.78. The van der Waals surface area contributed by atoms with Gasteiger partial charge in [-0.25, -0.2) is 4.98 Å². The van der Waals surface area contributed by atoms with E-state index < -0.39 is 0 Å². The van der Waals surface area contributed by atoms with Crippen LogP contribution in [0.15, 0.2) is 48.7 Å². The van der Waals surface area contributed by atoms with Gasteiger partial charge in [0.1, 0.15) is 4.34 Å². The number of benzene rings is 1. The molecule has 4 aromatic rings. The smallest absolute Gasteiger partial charge is 0.262 e. The Labute approximate surface area is 180 Å². The average Bonchev–Trinajstić information content (AvgIpc) is 3.28. The number of aryl methyl sites for hydroxylation is 1. The highest BCUT2D eigenvalue weighted by Crippen LogP contribution is 2.36. The number of rotatable bonds is 5. The number of carbonyl (C=O) groups excluding carboxylic acids is 1. The fraction of sp³-hybridized carbons (Fsp3) is 0.150. The minimum atomic E-state index is -0.240. The molecule has 0 aliphatic carbocycles. The Kier molecular flexibility index (Phi) is 5.64. The lowest BCUT2D eigenvalue weighted by atomic mass is 10.1. The Balaban J connectivity index is 1.81. The van der Waals surface area contributed by atoms with Crippen LogP contribution in [0.4, 0.5) is 5.13 Å². The number of halogens is 2. The highest BCUT2D eigenvalue weighted by molar-refractivity contribution is 7.22. The molecule has 0 atom stereocenters. The molecule has 8 heteroatoms. The van der Waals surface area contributed by atoms with Crippen molar-refractivity contribution in [2.24, 2.45) is 0 Å². The maximum Gasteiger partial charge on any atom is 0.262 e. The molecule has 0 saturated carbocycles. The van der Waals surface area contributed by atoms with E-state index >= 15 is 0 Å². The van der Waals surface area contributed by atoms with Crippen molar-refractivity contribution in [1.82, 2.24) is 9.97 Å². The van der Waals surface area contributed by atoms with Crippen LogP contribution in [-0.4, -0.2) is 15.9 Å². The van der Waals surface area contributed by atoms with Crippen LogP contribution in [0.25, 0.3) is 10.2 Å². The number of hydrogen-bond acceptors (Lipinski definition) is 5. The van der Waals surface area contributed by atoms with Gasteiger partial charge in [0, 0.05) is 6.20 Å². The predicted octanol–water partition coefficient (Wildman–Crippen LogP) is 6.47. The highest BCUT2D eigenvalue weighted by Gasteiger charge is 2.25. The quantitative estimate of drug-likeness (QED) is 0.352. The molecule has 4 rings (SSSR count). The summed E-state index contributed by atoms with van der Waals surface area (Å²) in [6, 6.07) is 13.3. The Hall–Kier alpha value is -1.99. The number of anilines is 1. The summed E-state index contributed by atoms with van der Waals surface area (Å²) in [6.45, 7) is 2.39. The van der Waals surface area contributed by atoms with E-state index in [0.717, 1.165) is 27.9 Å². The molecule has 3 heterocycles. The summed E-state index contributed by atoms with van der Waals surface area (Å²) < 4.78 is 1.89. The molecule has 3 aromatic heterocycles. The van der Waals surface area contributed by atoms with E-state index in [-0.39, 0.29) is 5.91 Å². The van der Waals surface area contributed by atoms with E-state index in [4.69, 9.17) is 28.2 Å². The van der Waals surface area contributed by atoms with Gasteiger partial charge in [-0.1, -0.05) is 59.7 Å². The van der Waals surface area contributed by atoms with Gasteiger partial charge in [0.2, 0.25) is 0 Å². The summed E-state index contributed by atoms with van der Waals surface area (Å²) >= 11 is 15.0. The first-order valence-corrected chi connectivity index (χ1v) is 11.0. The van der Waals surface area contributed by atoms with Crippen molar-refractivity contribution in [1.29, 1.82) is 0 Å². The van der Waals surface area contributed by atoms with Gasteiger partial charge in [0.25, 0.3) is 5.91 Å². The normalized spacial score (nSPS) is 11.1. The molecular weight excluding hydrogens is 433 g/mol. The third-order valence-corrected chi connectivity index (χ3v) is 6.81. The van der Waals surface area contributed by atoms with Gasteiger partial charge in [0.05, 0.1) is 32.4 Å². The molecular formula is C20H15Cl2N3OS2. The standard InChI is InChI=1S/C20H15Cl2N3OS2/c1-2-12-6-5-8-15-17(12)24-20(27-15)25(11-13-7-3-4-9-23-13)19(26)14-10-16(21)28-18(14)22/h3-10H,2,11H2,1H3. The molecule has 1 amide bonds. The fourth-order valence-corrected chi connectivity index (χ4v) is 5.37. The van der Waals surface area contributed by atoms with Gasteiger partial charge in [-0.2, -0.15) is 0 Å². The molecule has 28 heavy (non-hydrogen) atoms. The van der Waals surface area contributed by atoms with E-state index in [1.807, 2.05) is 30.3 Å². The maximum atomic E-state index is 13.3. The molecule has 0 fully saturated rings. The van der Waals surface area contributed by atoms with Gasteiger partial charge < -0.3 is 0 Å². The van der Waals surface area contributed by atoms with Crippen LogP contribution in [0, 0.1) is 0 Å². The molecule has 0 bridgehead atoms. The largest absolute Gasteiger partial charge is 0.278 e. The van der Waals surface area contributed by atoms with Gasteiger partial charge in [-0.15, -0.1) is 11.3 Å². The molecule has 0 radical (unpaired) electrons. The third-order valence-electron chi connectivity index (χ3n) is 4.28. The van der Waals surface area contributed by atoms with Crippen LogP contribution in [0.3, 0.4) is 0 Å². The average molecular weight is 448 g/mol. The molecule has 0 aliphatic rings. The number of para-hydroxylation sites is 1. The Bertz CT molecular complexity index is 1140. The highest BCUT2D eigenvalue weighted by atomic mass is 35.5. The lowest BCUT2D eigenvalue weighted by Crippen LogP contribution is -2.30.